The van der Waals surface area contributed by atoms with Crippen LogP contribution in [0.3, 0.4) is 0 Å². The minimum Gasteiger partial charge on any atom is -0.389 e. The van der Waals surface area contributed by atoms with Gasteiger partial charge in [0.25, 0.3) is 0 Å². The second-order valence-corrected chi connectivity index (χ2v) is 4.79. The van der Waals surface area contributed by atoms with Crippen molar-refractivity contribution in [1.29, 1.82) is 0 Å². The van der Waals surface area contributed by atoms with Gasteiger partial charge in [-0.3, -0.25) is 0 Å². The van der Waals surface area contributed by atoms with Gasteiger partial charge >= 0.3 is 0 Å². The summed E-state index contributed by atoms with van der Waals surface area (Å²) in [5.74, 6) is 0. The monoisotopic (exact) mass is 184 g/mol. The predicted molar refractivity (Wildman–Crippen MR) is 58.7 cm³/mol. The van der Waals surface area contributed by atoms with E-state index in [4.69, 9.17) is 0 Å². The summed E-state index contributed by atoms with van der Waals surface area (Å²) in [6, 6.07) is 0. The van der Waals surface area contributed by atoms with Crippen LogP contribution >= 0.6 is 0 Å². The molecule has 0 rings (SSSR count). The number of aliphatic hydroxyl groups excluding tert-OH is 1. The van der Waals surface area contributed by atoms with Crippen molar-refractivity contribution >= 4 is 0 Å². The van der Waals surface area contributed by atoms with E-state index in [0.29, 0.717) is 0 Å². The average molecular weight is 184 g/mol. The number of unbranched alkanes of at least 4 members (excludes halogenated alkanes) is 2. The number of hydrogen-bond donors (Lipinski definition) is 1. The Balaban J connectivity index is 3.61. The molecule has 0 aliphatic carbocycles. The second-order valence-electron chi connectivity index (χ2n) is 4.79. The average Bonchev–Trinajstić information content (AvgIpc) is 2.00. The van der Waals surface area contributed by atoms with Crippen LogP contribution in [0.15, 0.2) is 12.2 Å². The van der Waals surface area contributed by atoms with Crippen LogP contribution in [0.1, 0.15) is 53.4 Å². The molecule has 1 atom stereocenters. The fourth-order valence-electron chi connectivity index (χ4n) is 1.10. The molecule has 1 nitrogen and oxygen atoms in total. The molecule has 13 heavy (non-hydrogen) atoms. The lowest BCUT2D eigenvalue weighted by molar-refractivity contribution is 0.207. The molecular formula is C12H24O. The standard InChI is InChI=1S/C12H24O/c1-5-6-7-8-11(13)9-10-12(2,3)4/h9-11,13H,5-8H2,1-4H3. The molecular weight excluding hydrogens is 160 g/mol. The molecule has 0 heterocycles. The first-order valence-electron chi connectivity index (χ1n) is 5.33. The van der Waals surface area contributed by atoms with E-state index in [1.807, 2.05) is 6.08 Å². The van der Waals surface area contributed by atoms with Crippen molar-refractivity contribution in [3.8, 4) is 0 Å². The van der Waals surface area contributed by atoms with Crippen molar-refractivity contribution < 1.29 is 5.11 Å². The van der Waals surface area contributed by atoms with Gasteiger partial charge in [-0.15, -0.1) is 0 Å². The van der Waals surface area contributed by atoms with E-state index < -0.39 is 0 Å². The number of hydrogen-bond acceptors (Lipinski definition) is 1. The van der Waals surface area contributed by atoms with Crippen LogP contribution in [0.2, 0.25) is 0 Å². The Bertz CT molecular complexity index is 142. The van der Waals surface area contributed by atoms with Gasteiger partial charge in [-0.05, 0) is 11.8 Å². The van der Waals surface area contributed by atoms with Gasteiger partial charge < -0.3 is 5.11 Å². The highest BCUT2D eigenvalue weighted by Gasteiger charge is 2.05. The Kier molecular flexibility index (Phi) is 6.06. The summed E-state index contributed by atoms with van der Waals surface area (Å²) >= 11 is 0. The molecule has 0 saturated carbocycles. The van der Waals surface area contributed by atoms with Crippen LogP contribution in [0.5, 0.6) is 0 Å². The summed E-state index contributed by atoms with van der Waals surface area (Å²) in [4.78, 5) is 0. The Morgan fingerprint density at radius 1 is 1.23 bits per heavy atom. The predicted octanol–water partition coefficient (Wildman–Crippen LogP) is 3.53. The molecule has 0 fully saturated rings. The summed E-state index contributed by atoms with van der Waals surface area (Å²) in [5.41, 5.74) is 0.186. The van der Waals surface area contributed by atoms with Gasteiger partial charge in [-0.1, -0.05) is 59.1 Å². The zero-order chi connectivity index (χ0) is 10.3. The van der Waals surface area contributed by atoms with Gasteiger partial charge in [0.05, 0.1) is 6.10 Å². The van der Waals surface area contributed by atoms with Crippen molar-refractivity contribution in [1.82, 2.24) is 0 Å². The van der Waals surface area contributed by atoms with Crippen LogP contribution in [0, 0.1) is 5.41 Å². The van der Waals surface area contributed by atoms with Gasteiger partial charge in [0.15, 0.2) is 0 Å². The summed E-state index contributed by atoms with van der Waals surface area (Å²) in [5, 5.41) is 9.55. The van der Waals surface area contributed by atoms with Crippen molar-refractivity contribution in [2.75, 3.05) is 0 Å². The molecule has 0 aliphatic heterocycles. The molecule has 0 bridgehead atoms. The first-order chi connectivity index (χ1) is 5.95. The van der Waals surface area contributed by atoms with Gasteiger partial charge in [-0.25, -0.2) is 0 Å². The maximum Gasteiger partial charge on any atom is 0.0721 e. The summed E-state index contributed by atoms with van der Waals surface area (Å²) in [6.45, 7) is 8.60. The normalized spacial score (nSPS) is 15.2. The smallest absolute Gasteiger partial charge is 0.0721 e. The molecule has 1 unspecified atom stereocenters. The van der Waals surface area contributed by atoms with E-state index in [0.717, 1.165) is 12.8 Å². The largest absolute Gasteiger partial charge is 0.389 e. The first kappa shape index (κ1) is 12.7. The molecule has 1 N–H and O–H groups in total. The minimum atomic E-state index is -0.245. The van der Waals surface area contributed by atoms with Crippen LogP contribution < -0.4 is 0 Å². The van der Waals surface area contributed by atoms with E-state index in [2.05, 4.69) is 33.8 Å². The maximum absolute atomic E-state index is 9.55. The molecule has 0 aromatic carbocycles. The zero-order valence-corrected chi connectivity index (χ0v) is 9.51. The molecule has 0 aromatic rings. The molecule has 1 heteroatoms. The van der Waals surface area contributed by atoms with E-state index in [1.165, 1.54) is 12.8 Å². The lowest BCUT2D eigenvalue weighted by Gasteiger charge is -2.13. The number of aliphatic hydroxyl groups is 1. The molecule has 0 aromatic heterocycles. The van der Waals surface area contributed by atoms with E-state index in [-0.39, 0.29) is 11.5 Å². The Morgan fingerprint density at radius 2 is 1.85 bits per heavy atom. The van der Waals surface area contributed by atoms with Crippen LogP contribution in [-0.2, 0) is 0 Å². The first-order valence-corrected chi connectivity index (χ1v) is 5.33. The van der Waals surface area contributed by atoms with Gasteiger partial charge in [0, 0.05) is 0 Å². The minimum absolute atomic E-state index is 0.186. The summed E-state index contributed by atoms with van der Waals surface area (Å²) in [6.07, 6.45) is 8.24. The number of rotatable bonds is 5. The zero-order valence-electron chi connectivity index (χ0n) is 9.51. The topological polar surface area (TPSA) is 20.2 Å². The lowest BCUT2D eigenvalue weighted by atomic mass is 9.95. The molecule has 0 spiro atoms. The summed E-state index contributed by atoms with van der Waals surface area (Å²) in [7, 11) is 0. The highest BCUT2D eigenvalue weighted by Crippen LogP contribution is 2.15. The SMILES string of the molecule is CCCCCC(O)C=CC(C)(C)C. The quantitative estimate of drug-likeness (QED) is 0.512. The molecule has 78 valence electrons. The van der Waals surface area contributed by atoms with E-state index in [9.17, 15) is 5.11 Å². The van der Waals surface area contributed by atoms with Crippen molar-refractivity contribution in [3.63, 3.8) is 0 Å². The Hall–Kier alpha value is -0.300. The number of allylic oxidation sites excluding steroid dienone is 1. The van der Waals surface area contributed by atoms with E-state index in [1.54, 1.807) is 0 Å². The fraction of sp³-hybridized carbons (Fsp3) is 0.833. The van der Waals surface area contributed by atoms with Crippen LogP contribution in [0.25, 0.3) is 0 Å². The Labute approximate surface area is 82.9 Å². The third-order valence-corrected chi connectivity index (χ3v) is 1.92. The van der Waals surface area contributed by atoms with Crippen molar-refractivity contribution in [2.24, 2.45) is 5.41 Å². The van der Waals surface area contributed by atoms with Gasteiger partial charge in [0.2, 0.25) is 0 Å². The maximum atomic E-state index is 9.55. The second kappa shape index (κ2) is 6.20. The van der Waals surface area contributed by atoms with Crippen LogP contribution in [-0.4, -0.2) is 11.2 Å². The molecule has 0 radical (unpaired) electrons. The summed E-state index contributed by atoms with van der Waals surface area (Å²) < 4.78 is 0. The van der Waals surface area contributed by atoms with Gasteiger partial charge in [0.1, 0.15) is 0 Å². The lowest BCUT2D eigenvalue weighted by Crippen LogP contribution is -2.05. The molecule has 0 aliphatic rings. The highest BCUT2D eigenvalue weighted by molar-refractivity contribution is 4.96. The highest BCUT2D eigenvalue weighted by atomic mass is 16.3. The third kappa shape index (κ3) is 9.62. The van der Waals surface area contributed by atoms with Crippen molar-refractivity contribution in [2.45, 2.75) is 59.5 Å². The van der Waals surface area contributed by atoms with Crippen LogP contribution in [0.4, 0.5) is 0 Å². The molecule has 0 amide bonds. The van der Waals surface area contributed by atoms with Gasteiger partial charge in [-0.2, -0.15) is 0 Å². The fourth-order valence-corrected chi connectivity index (χ4v) is 1.10. The van der Waals surface area contributed by atoms with Crippen molar-refractivity contribution in [3.05, 3.63) is 12.2 Å². The molecule has 0 saturated heterocycles. The third-order valence-electron chi connectivity index (χ3n) is 1.92. The van der Waals surface area contributed by atoms with E-state index >= 15 is 0 Å². The Morgan fingerprint density at radius 3 is 2.31 bits per heavy atom.